The first kappa shape index (κ1) is 10.5. The van der Waals surface area contributed by atoms with Gasteiger partial charge in [0.1, 0.15) is 0 Å². The Morgan fingerprint density at radius 1 is 1.73 bits per heavy atom. The van der Waals surface area contributed by atoms with E-state index >= 15 is 0 Å². The van der Waals surface area contributed by atoms with Gasteiger partial charge in [0.25, 0.3) is 0 Å². The van der Waals surface area contributed by atoms with Crippen LogP contribution in [-0.2, 0) is 0 Å². The van der Waals surface area contributed by atoms with E-state index in [9.17, 15) is 4.79 Å². The van der Waals surface area contributed by atoms with Crippen LogP contribution >= 0.6 is 12.4 Å². The molecule has 66 valence electrons. The third-order valence-corrected chi connectivity index (χ3v) is 1.88. The molecule has 1 rings (SSSR count). The van der Waals surface area contributed by atoms with E-state index in [4.69, 9.17) is 5.11 Å². The summed E-state index contributed by atoms with van der Waals surface area (Å²) in [6.45, 7) is 1.73. The average Bonchev–Trinajstić information content (AvgIpc) is 2.36. The molecule has 1 amide bonds. The van der Waals surface area contributed by atoms with Crippen LogP contribution in [0.15, 0.2) is 0 Å². The van der Waals surface area contributed by atoms with Gasteiger partial charge in [-0.2, -0.15) is 0 Å². The molecule has 0 aliphatic carbocycles. The van der Waals surface area contributed by atoms with Crippen LogP contribution in [0.1, 0.15) is 6.42 Å². The summed E-state index contributed by atoms with van der Waals surface area (Å²) in [7, 11) is 1.61. The lowest BCUT2D eigenvalue weighted by molar-refractivity contribution is 0.142. The summed E-state index contributed by atoms with van der Waals surface area (Å²) in [4.78, 5) is 11.7. The lowest BCUT2D eigenvalue weighted by Gasteiger charge is -2.19. The molecule has 0 unspecified atom stereocenters. The van der Waals surface area contributed by atoms with E-state index in [2.05, 4.69) is 5.32 Å². The Labute approximate surface area is 72.0 Å². The quantitative estimate of drug-likeness (QED) is 0.614. The molecule has 1 atom stereocenters. The molecular weight excluding hydrogens is 168 g/mol. The fraction of sp³-hybridized carbons (Fsp3) is 0.833. The standard InChI is InChI=1S/C6H12N2O2.ClH/c1-8(6(9)10)5-2-3-7-4-5;/h5,7H,2-4H2,1H3,(H,9,10);1H/t5-;/m0./s1. The maximum Gasteiger partial charge on any atom is 0.407 e. The number of nitrogens with one attached hydrogen (secondary N) is 1. The number of halogens is 1. The Balaban J connectivity index is 0.000001000. The first-order valence-electron chi connectivity index (χ1n) is 3.38. The molecule has 1 saturated heterocycles. The molecule has 4 nitrogen and oxygen atoms in total. The number of carboxylic acid groups (broad SMARTS) is 1. The van der Waals surface area contributed by atoms with Gasteiger partial charge in [0.2, 0.25) is 0 Å². The zero-order valence-electron chi connectivity index (χ0n) is 6.41. The Morgan fingerprint density at radius 2 is 2.36 bits per heavy atom. The van der Waals surface area contributed by atoms with E-state index in [0.717, 1.165) is 19.5 Å². The van der Waals surface area contributed by atoms with Gasteiger partial charge in [0, 0.05) is 19.6 Å². The van der Waals surface area contributed by atoms with Crippen molar-refractivity contribution in [3.05, 3.63) is 0 Å². The van der Waals surface area contributed by atoms with E-state index in [1.54, 1.807) is 7.05 Å². The van der Waals surface area contributed by atoms with Gasteiger partial charge in [0.05, 0.1) is 0 Å². The fourth-order valence-electron chi connectivity index (χ4n) is 1.13. The molecule has 11 heavy (non-hydrogen) atoms. The van der Waals surface area contributed by atoms with E-state index in [0.29, 0.717) is 0 Å². The highest BCUT2D eigenvalue weighted by Crippen LogP contribution is 2.05. The molecule has 0 aromatic rings. The van der Waals surface area contributed by atoms with E-state index < -0.39 is 6.09 Å². The highest BCUT2D eigenvalue weighted by atomic mass is 35.5. The van der Waals surface area contributed by atoms with Gasteiger partial charge in [-0.3, -0.25) is 0 Å². The summed E-state index contributed by atoms with van der Waals surface area (Å²) < 4.78 is 0. The topological polar surface area (TPSA) is 52.6 Å². The largest absolute Gasteiger partial charge is 0.465 e. The summed E-state index contributed by atoms with van der Waals surface area (Å²) in [6, 6.07) is 0.178. The normalized spacial score (nSPS) is 22.5. The van der Waals surface area contributed by atoms with Gasteiger partial charge >= 0.3 is 6.09 Å². The third kappa shape index (κ3) is 2.55. The second-order valence-corrected chi connectivity index (χ2v) is 2.54. The third-order valence-electron chi connectivity index (χ3n) is 1.88. The Kier molecular flexibility index (Phi) is 4.22. The molecule has 1 fully saturated rings. The predicted octanol–water partition coefficient (Wildman–Crippen LogP) is 0.380. The van der Waals surface area contributed by atoms with Gasteiger partial charge < -0.3 is 15.3 Å². The van der Waals surface area contributed by atoms with Crippen LogP contribution in [0.2, 0.25) is 0 Å². The van der Waals surface area contributed by atoms with Gasteiger partial charge in [-0.25, -0.2) is 4.79 Å². The van der Waals surface area contributed by atoms with Crippen molar-refractivity contribution in [3.8, 4) is 0 Å². The number of hydrogen-bond acceptors (Lipinski definition) is 2. The lowest BCUT2D eigenvalue weighted by Crippen LogP contribution is -2.37. The Hall–Kier alpha value is -0.480. The van der Waals surface area contributed by atoms with Crippen molar-refractivity contribution >= 4 is 18.5 Å². The minimum atomic E-state index is -0.839. The van der Waals surface area contributed by atoms with Crippen LogP contribution in [0, 0.1) is 0 Å². The van der Waals surface area contributed by atoms with Crippen molar-refractivity contribution < 1.29 is 9.90 Å². The van der Waals surface area contributed by atoms with Crippen LogP contribution in [0.5, 0.6) is 0 Å². The van der Waals surface area contributed by atoms with Crippen molar-refractivity contribution in [2.24, 2.45) is 0 Å². The summed E-state index contributed by atoms with van der Waals surface area (Å²) in [5.41, 5.74) is 0. The van der Waals surface area contributed by atoms with Crippen LogP contribution < -0.4 is 5.32 Å². The SMILES string of the molecule is CN(C(=O)O)[C@H]1CCNC1.Cl. The molecule has 0 aromatic carbocycles. The van der Waals surface area contributed by atoms with Crippen molar-refractivity contribution in [3.63, 3.8) is 0 Å². The average molecular weight is 181 g/mol. The summed E-state index contributed by atoms with van der Waals surface area (Å²) in [5, 5.41) is 11.6. The maximum atomic E-state index is 10.4. The smallest absolute Gasteiger partial charge is 0.407 e. The summed E-state index contributed by atoms with van der Waals surface area (Å²) >= 11 is 0. The van der Waals surface area contributed by atoms with Crippen LogP contribution in [0.4, 0.5) is 4.79 Å². The first-order valence-corrected chi connectivity index (χ1v) is 3.38. The highest BCUT2D eigenvalue weighted by molar-refractivity contribution is 5.85. The second-order valence-electron chi connectivity index (χ2n) is 2.54. The Bertz CT molecular complexity index is 137. The number of carbonyl (C=O) groups is 1. The lowest BCUT2D eigenvalue weighted by atomic mass is 10.2. The van der Waals surface area contributed by atoms with E-state index in [1.807, 2.05) is 0 Å². The summed E-state index contributed by atoms with van der Waals surface area (Å²) in [5.74, 6) is 0. The molecule has 0 aromatic heterocycles. The monoisotopic (exact) mass is 180 g/mol. The van der Waals surface area contributed by atoms with Crippen LogP contribution in [0.3, 0.4) is 0 Å². The molecule has 2 N–H and O–H groups in total. The maximum absolute atomic E-state index is 10.4. The first-order chi connectivity index (χ1) is 4.72. The van der Waals surface area contributed by atoms with Gasteiger partial charge in [-0.05, 0) is 13.0 Å². The van der Waals surface area contributed by atoms with Crippen molar-refractivity contribution in [1.29, 1.82) is 0 Å². The zero-order chi connectivity index (χ0) is 7.56. The fourth-order valence-corrected chi connectivity index (χ4v) is 1.13. The predicted molar refractivity (Wildman–Crippen MR) is 44.3 cm³/mol. The van der Waals surface area contributed by atoms with Gasteiger partial charge in [0.15, 0.2) is 0 Å². The molecule has 1 aliphatic rings. The van der Waals surface area contributed by atoms with E-state index in [1.165, 1.54) is 4.90 Å². The molecule has 5 heteroatoms. The van der Waals surface area contributed by atoms with Gasteiger partial charge in [-0.1, -0.05) is 0 Å². The molecule has 1 heterocycles. The van der Waals surface area contributed by atoms with Crippen molar-refractivity contribution in [2.45, 2.75) is 12.5 Å². The minimum Gasteiger partial charge on any atom is -0.465 e. The number of hydrogen-bond donors (Lipinski definition) is 2. The number of likely N-dealkylation sites (N-methyl/N-ethyl adjacent to an activating group) is 1. The number of amides is 1. The zero-order valence-corrected chi connectivity index (χ0v) is 7.23. The molecule has 0 saturated carbocycles. The molecule has 0 bridgehead atoms. The van der Waals surface area contributed by atoms with Crippen LogP contribution in [0.25, 0.3) is 0 Å². The molecule has 0 radical (unpaired) electrons. The molecule has 0 spiro atoms. The van der Waals surface area contributed by atoms with Crippen LogP contribution in [-0.4, -0.2) is 42.3 Å². The minimum absolute atomic E-state index is 0. The Morgan fingerprint density at radius 3 is 2.73 bits per heavy atom. The molecule has 1 aliphatic heterocycles. The summed E-state index contributed by atoms with van der Waals surface area (Å²) in [6.07, 6.45) is 0.0942. The second kappa shape index (κ2) is 4.41. The van der Waals surface area contributed by atoms with E-state index in [-0.39, 0.29) is 18.4 Å². The molecular formula is C6H13ClN2O2. The van der Waals surface area contributed by atoms with Crippen molar-refractivity contribution in [2.75, 3.05) is 20.1 Å². The highest BCUT2D eigenvalue weighted by Gasteiger charge is 2.21. The number of rotatable bonds is 1. The number of nitrogens with zero attached hydrogens (tertiary/aromatic N) is 1. The van der Waals surface area contributed by atoms with Gasteiger partial charge in [-0.15, -0.1) is 12.4 Å². The van der Waals surface area contributed by atoms with Crippen molar-refractivity contribution in [1.82, 2.24) is 10.2 Å².